The normalized spacial score (nSPS) is 10.4. The van der Waals surface area contributed by atoms with Crippen molar-refractivity contribution in [3.8, 4) is 0 Å². The van der Waals surface area contributed by atoms with Gasteiger partial charge in [0.15, 0.2) is 0 Å². The first-order valence-electron chi connectivity index (χ1n) is 5.82. The molecule has 0 heterocycles. The van der Waals surface area contributed by atoms with Crippen LogP contribution in [0.5, 0.6) is 0 Å². The van der Waals surface area contributed by atoms with E-state index in [-0.39, 0.29) is 10.6 Å². The second-order valence-corrected chi connectivity index (χ2v) is 5.23. The van der Waals surface area contributed by atoms with Crippen molar-refractivity contribution in [2.24, 2.45) is 5.73 Å². The van der Waals surface area contributed by atoms with Gasteiger partial charge in [0.2, 0.25) is 0 Å². The zero-order valence-corrected chi connectivity index (χ0v) is 11.3. The third-order valence-corrected chi connectivity index (χ3v) is 3.88. The van der Waals surface area contributed by atoms with E-state index in [2.05, 4.69) is 0 Å². The average molecular weight is 274 g/mol. The summed E-state index contributed by atoms with van der Waals surface area (Å²) < 4.78 is 0. The molecule has 2 aromatic rings. The number of hydrogen-bond acceptors (Lipinski definition) is 4. The van der Waals surface area contributed by atoms with Crippen LogP contribution in [0.1, 0.15) is 11.1 Å². The Labute approximate surface area is 115 Å². The third-order valence-electron chi connectivity index (χ3n) is 2.82. The molecule has 4 nitrogen and oxygen atoms in total. The minimum atomic E-state index is -0.358. The van der Waals surface area contributed by atoms with Crippen molar-refractivity contribution in [2.75, 3.05) is 0 Å². The average Bonchev–Trinajstić information content (AvgIpc) is 2.39. The Morgan fingerprint density at radius 3 is 2.63 bits per heavy atom. The predicted molar refractivity (Wildman–Crippen MR) is 76.3 cm³/mol. The van der Waals surface area contributed by atoms with Gasteiger partial charge in [-0.15, -0.1) is 0 Å². The van der Waals surface area contributed by atoms with Gasteiger partial charge in [0, 0.05) is 17.5 Å². The van der Waals surface area contributed by atoms with Gasteiger partial charge in [0.25, 0.3) is 5.69 Å². The smallest absolute Gasteiger partial charge is 0.283 e. The molecule has 0 amide bonds. The molecule has 98 valence electrons. The molecule has 0 radical (unpaired) electrons. The first kappa shape index (κ1) is 13.6. The van der Waals surface area contributed by atoms with Crippen molar-refractivity contribution in [1.29, 1.82) is 0 Å². The van der Waals surface area contributed by atoms with Crippen LogP contribution in [0.3, 0.4) is 0 Å². The van der Waals surface area contributed by atoms with E-state index in [0.717, 1.165) is 16.0 Å². The molecule has 0 spiro atoms. The Kier molecular flexibility index (Phi) is 4.19. The Balaban J connectivity index is 2.31. The number of nitrogens with two attached hydrogens (primary N) is 1. The number of benzene rings is 2. The number of aryl methyl sites for hydroxylation is 1. The fourth-order valence-corrected chi connectivity index (χ4v) is 2.80. The molecular formula is C14H14N2O2S. The number of rotatable bonds is 4. The lowest BCUT2D eigenvalue weighted by Crippen LogP contribution is -1.98. The highest BCUT2D eigenvalue weighted by molar-refractivity contribution is 7.99. The SMILES string of the molecule is Cc1cc(Sc2ccccc2[N+](=O)[O-])ccc1CN. The van der Waals surface area contributed by atoms with Crippen LogP contribution < -0.4 is 5.73 Å². The van der Waals surface area contributed by atoms with Crippen molar-refractivity contribution in [1.82, 2.24) is 0 Å². The maximum absolute atomic E-state index is 11.0. The highest BCUT2D eigenvalue weighted by atomic mass is 32.2. The summed E-state index contributed by atoms with van der Waals surface area (Å²) in [6, 6.07) is 12.7. The van der Waals surface area contributed by atoms with Crippen LogP contribution in [0.25, 0.3) is 0 Å². The van der Waals surface area contributed by atoms with E-state index in [1.165, 1.54) is 17.8 Å². The second-order valence-electron chi connectivity index (χ2n) is 4.12. The lowest BCUT2D eigenvalue weighted by Gasteiger charge is -2.07. The minimum Gasteiger partial charge on any atom is -0.326 e. The summed E-state index contributed by atoms with van der Waals surface area (Å²) in [6.45, 7) is 2.49. The summed E-state index contributed by atoms with van der Waals surface area (Å²) >= 11 is 1.39. The largest absolute Gasteiger partial charge is 0.326 e. The number of hydrogen-bond donors (Lipinski definition) is 1. The maximum Gasteiger partial charge on any atom is 0.283 e. The molecule has 0 fully saturated rings. The molecule has 0 bridgehead atoms. The molecule has 0 saturated carbocycles. The predicted octanol–water partition coefficient (Wildman–Crippen LogP) is 3.51. The molecule has 2 aromatic carbocycles. The van der Waals surface area contributed by atoms with E-state index in [1.54, 1.807) is 18.2 Å². The Bertz CT molecular complexity index is 614. The van der Waals surface area contributed by atoms with E-state index in [1.807, 2.05) is 25.1 Å². The maximum atomic E-state index is 11.0. The van der Waals surface area contributed by atoms with E-state index >= 15 is 0 Å². The van der Waals surface area contributed by atoms with Gasteiger partial charge in [-0.2, -0.15) is 0 Å². The van der Waals surface area contributed by atoms with Crippen molar-refractivity contribution in [2.45, 2.75) is 23.3 Å². The third kappa shape index (κ3) is 3.13. The Morgan fingerprint density at radius 2 is 2.00 bits per heavy atom. The van der Waals surface area contributed by atoms with Crippen LogP contribution in [-0.4, -0.2) is 4.92 Å². The molecule has 2 N–H and O–H groups in total. The summed E-state index contributed by atoms with van der Waals surface area (Å²) in [5.74, 6) is 0. The van der Waals surface area contributed by atoms with Gasteiger partial charge in [0.1, 0.15) is 0 Å². The lowest BCUT2D eigenvalue weighted by atomic mass is 10.1. The number of nitro benzene ring substituents is 1. The molecule has 0 aliphatic heterocycles. The Hall–Kier alpha value is -1.85. The van der Waals surface area contributed by atoms with Gasteiger partial charge >= 0.3 is 0 Å². The van der Waals surface area contributed by atoms with E-state index in [0.29, 0.717) is 11.4 Å². The second kappa shape index (κ2) is 5.86. The van der Waals surface area contributed by atoms with E-state index in [9.17, 15) is 10.1 Å². The molecule has 0 aliphatic carbocycles. The van der Waals surface area contributed by atoms with Crippen LogP contribution in [0.2, 0.25) is 0 Å². The number of nitro groups is 1. The highest BCUT2D eigenvalue weighted by Gasteiger charge is 2.13. The molecular weight excluding hydrogens is 260 g/mol. The summed E-state index contributed by atoms with van der Waals surface area (Å²) in [6.07, 6.45) is 0. The topological polar surface area (TPSA) is 69.2 Å². The molecule has 0 saturated heterocycles. The standard InChI is InChI=1S/C14H14N2O2S/c1-10-8-12(7-6-11(10)9-15)19-14-5-3-2-4-13(14)16(17)18/h2-8H,9,15H2,1H3. The number of para-hydroxylation sites is 1. The van der Waals surface area contributed by atoms with E-state index < -0.39 is 0 Å². The van der Waals surface area contributed by atoms with Gasteiger partial charge in [-0.05, 0) is 36.2 Å². The van der Waals surface area contributed by atoms with Crippen molar-refractivity contribution in [3.63, 3.8) is 0 Å². The van der Waals surface area contributed by atoms with Gasteiger partial charge in [-0.3, -0.25) is 10.1 Å². The van der Waals surface area contributed by atoms with Crippen LogP contribution >= 0.6 is 11.8 Å². The van der Waals surface area contributed by atoms with E-state index in [4.69, 9.17) is 5.73 Å². The fraction of sp³-hybridized carbons (Fsp3) is 0.143. The first-order chi connectivity index (χ1) is 9.11. The van der Waals surface area contributed by atoms with Crippen LogP contribution in [-0.2, 0) is 6.54 Å². The van der Waals surface area contributed by atoms with Crippen LogP contribution in [0, 0.1) is 17.0 Å². The van der Waals surface area contributed by atoms with Crippen molar-refractivity contribution < 1.29 is 4.92 Å². The first-order valence-corrected chi connectivity index (χ1v) is 6.64. The fourth-order valence-electron chi connectivity index (χ4n) is 1.78. The van der Waals surface area contributed by atoms with Crippen LogP contribution in [0.15, 0.2) is 52.3 Å². The monoisotopic (exact) mass is 274 g/mol. The molecule has 0 atom stereocenters. The quantitative estimate of drug-likeness (QED) is 0.684. The van der Waals surface area contributed by atoms with Crippen molar-refractivity contribution >= 4 is 17.4 Å². The highest BCUT2D eigenvalue weighted by Crippen LogP contribution is 2.35. The summed E-state index contributed by atoms with van der Waals surface area (Å²) in [7, 11) is 0. The van der Waals surface area contributed by atoms with Crippen LogP contribution in [0.4, 0.5) is 5.69 Å². The van der Waals surface area contributed by atoms with Gasteiger partial charge in [-0.1, -0.05) is 30.0 Å². The summed E-state index contributed by atoms with van der Waals surface area (Å²) in [5.41, 5.74) is 7.95. The molecule has 5 heteroatoms. The molecule has 2 rings (SSSR count). The molecule has 0 aromatic heterocycles. The van der Waals surface area contributed by atoms with Gasteiger partial charge in [0.05, 0.1) is 9.82 Å². The summed E-state index contributed by atoms with van der Waals surface area (Å²) in [4.78, 5) is 12.2. The van der Waals surface area contributed by atoms with Crippen molar-refractivity contribution in [3.05, 3.63) is 63.7 Å². The summed E-state index contributed by atoms with van der Waals surface area (Å²) in [5, 5.41) is 11.0. The zero-order chi connectivity index (χ0) is 13.8. The minimum absolute atomic E-state index is 0.132. The van der Waals surface area contributed by atoms with Gasteiger partial charge < -0.3 is 5.73 Å². The number of nitrogens with zero attached hydrogens (tertiary/aromatic N) is 1. The molecule has 0 aliphatic rings. The lowest BCUT2D eigenvalue weighted by molar-refractivity contribution is -0.387. The molecule has 19 heavy (non-hydrogen) atoms. The zero-order valence-electron chi connectivity index (χ0n) is 10.5. The Morgan fingerprint density at radius 1 is 1.26 bits per heavy atom. The van der Waals surface area contributed by atoms with Gasteiger partial charge in [-0.25, -0.2) is 0 Å². The molecule has 0 unspecified atom stereocenters.